The monoisotopic (exact) mass is 431 g/mol. The van der Waals surface area contributed by atoms with Crippen molar-refractivity contribution >= 4 is 66.9 Å². The molecule has 1 N–H and O–H groups in total. The molecule has 1 aliphatic carbocycles. The molecule has 0 amide bonds. The number of rotatable bonds is 3. The Kier molecular flexibility index (Phi) is 4.47. The van der Waals surface area contributed by atoms with Gasteiger partial charge in [-0.05, 0) is 48.8 Å². The number of hydrogen-bond acceptors (Lipinski definition) is 6. The number of thiophene rings is 2. The number of halogens is 1. The molecule has 0 bridgehead atoms. The minimum absolute atomic E-state index is 0.0989. The van der Waals surface area contributed by atoms with E-state index in [2.05, 4.69) is 20.3 Å². The number of nitrogens with one attached hydrogen (secondary N) is 1. The highest BCUT2D eigenvalue weighted by atomic mass is 35.5. The average molecular weight is 432 g/mol. The highest BCUT2D eigenvalue weighted by Crippen LogP contribution is 2.34. The normalized spacial score (nSPS) is 14.6. The molecule has 136 valence electrons. The Hall–Kier alpha value is -1.80. The fourth-order valence-electron chi connectivity index (χ4n) is 3.35. The Morgan fingerprint density at radius 2 is 2.11 bits per heavy atom. The van der Waals surface area contributed by atoms with Crippen LogP contribution in [0.25, 0.3) is 31.9 Å². The minimum Gasteiger partial charge on any atom is -0.305 e. The zero-order valence-corrected chi connectivity index (χ0v) is 17.3. The molecule has 0 spiro atoms. The summed E-state index contributed by atoms with van der Waals surface area (Å²) in [6.45, 7) is 0. The van der Waals surface area contributed by atoms with Crippen LogP contribution in [0.3, 0.4) is 0 Å². The Labute approximate surface area is 172 Å². The zero-order chi connectivity index (χ0) is 18.4. The molecule has 5 rings (SSSR count). The first-order valence-corrected chi connectivity index (χ1v) is 11.6. The van der Waals surface area contributed by atoms with E-state index in [0.717, 1.165) is 45.7 Å². The van der Waals surface area contributed by atoms with E-state index in [1.165, 1.54) is 16.9 Å². The smallest absolute Gasteiger partial charge is 0.260 e. The van der Waals surface area contributed by atoms with Crippen molar-refractivity contribution in [1.29, 1.82) is 0 Å². The van der Waals surface area contributed by atoms with E-state index < -0.39 is 0 Å². The summed E-state index contributed by atoms with van der Waals surface area (Å²) in [6.07, 6.45) is 6.08. The van der Waals surface area contributed by atoms with Gasteiger partial charge in [-0.2, -0.15) is 11.3 Å². The van der Waals surface area contributed by atoms with Gasteiger partial charge in [0, 0.05) is 21.2 Å². The molecule has 4 nitrogen and oxygen atoms in total. The average Bonchev–Trinajstić information content (AvgIpc) is 3.40. The van der Waals surface area contributed by atoms with Crippen molar-refractivity contribution in [2.45, 2.75) is 25.7 Å². The molecule has 0 saturated heterocycles. The van der Waals surface area contributed by atoms with Crippen LogP contribution < -0.4 is 5.56 Å². The fourth-order valence-corrected chi connectivity index (χ4v) is 6.30. The van der Waals surface area contributed by atoms with Crippen LogP contribution >= 0.6 is 45.6 Å². The van der Waals surface area contributed by atoms with Gasteiger partial charge in [0.1, 0.15) is 9.84 Å². The van der Waals surface area contributed by atoms with Crippen LogP contribution in [0.5, 0.6) is 0 Å². The summed E-state index contributed by atoms with van der Waals surface area (Å²) < 4.78 is 0. The van der Waals surface area contributed by atoms with Crippen LogP contribution in [0.4, 0.5) is 0 Å². The largest absolute Gasteiger partial charge is 0.305 e. The van der Waals surface area contributed by atoms with Crippen LogP contribution in [-0.2, 0) is 12.8 Å². The predicted molar refractivity (Wildman–Crippen MR) is 116 cm³/mol. The minimum atomic E-state index is -0.0989. The Morgan fingerprint density at radius 3 is 2.96 bits per heavy atom. The molecule has 0 aliphatic heterocycles. The number of fused-ring (bicyclic) bond motifs is 3. The van der Waals surface area contributed by atoms with Crippen LogP contribution in [0.1, 0.15) is 34.8 Å². The van der Waals surface area contributed by atoms with E-state index in [1.807, 2.05) is 16.8 Å². The van der Waals surface area contributed by atoms with Gasteiger partial charge < -0.3 is 4.98 Å². The van der Waals surface area contributed by atoms with Crippen molar-refractivity contribution in [2.75, 3.05) is 0 Å². The second-order valence-corrected chi connectivity index (χ2v) is 9.52. The third-order valence-corrected chi connectivity index (χ3v) is 7.68. The maximum Gasteiger partial charge on any atom is 0.260 e. The Bertz CT molecular complexity index is 1220. The number of thiazole rings is 1. The molecular weight excluding hydrogens is 418 g/mol. The van der Waals surface area contributed by atoms with Gasteiger partial charge >= 0.3 is 0 Å². The van der Waals surface area contributed by atoms with Gasteiger partial charge in [0.25, 0.3) is 5.56 Å². The Balaban J connectivity index is 1.53. The van der Waals surface area contributed by atoms with Crippen molar-refractivity contribution in [3.63, 3.8) is 0 Å². The van der Waals surface area contributed by atoms with Crippen molar-refractivity contribution in [3.05, 3.63) is 54.5 Å². The van der Waals surface area contributed by atoms with E-state index in [0.29, 0.717) is 10.9 Å². The number of hydrogen-bond donors (Lipinski definition) is 1. The van der Waals surface area contributed by atoms with Crippen molar-refractivity contribution in [3.8, 4) is 10.6 Å². The third-order valence-electron chi connectivity index (χ3n) is 4.62. The van der Waals surface area contributed by atoms with Crippen molar-refractivity contribution in [1.82, 2.24) is 15.0 Å². The standard InChI is InChI=1S/C19H14ClN3OS3/c20-13(7-11-9-26-18(21-11)10-5-6-25-8-10)16-22-17(24)15-12-3-1-2-4-14(12)27-19(15)23-16/h5-9H,1-4H2,(H,22,23,24). The lowest BCUT2D eigenvalue weighted by Gasteiger charge is -2.09. The quantitative estimate of drug-likeness (QED) is 0.447. The SMILES string of the molecule is O=c1[nH]c(C(Cl)=Cc2csc(-c3ccsc3)n2)nc2sc3c(c12)CCCC3. The molecule has 0 fully saturated rings. The molecule has 0 saturated carbocycles. The highest BCUT2D eigenvalue weighted by Gasteiger charge is 2.20. The van der Waals surface area contributed by atoms with E-state index in [9.17, 15) is 4.79 Å². The van der Waals surface area contributed by atoms with Crippen LogP contribution in [0.15, 0.2) is 27.0 Å². The second kappa shape index (κ2) is 6.98. The summed E-state index contributed by atoms with van der Waals surface area (Å²) >= 11 is 11.3. The van der Waals surface area contributed by atoms with Crippen LogP contribution in [0, 0.1) is 0 Å². The van der Waals surface area contributed by atoms with Crippen LogP contribution in [0.2, 0.25) is 0 Å². The summed E-state index contributed by atoms with van der Waals surface area (Å²) in [5, 5.41) is 8.15. The summed E-state index contributed by atoms with van der Waals surface area (Å²) in [7, 11) is 0. The first kappa shape index (κ1) is 17.3. The number of aromatic amines is 1. The van der Waals surface area contributed by atoms with Gasteiger partial charge in [-0.3, -0.25) is 4.79 Å². The first-order chi connectivity index (χ1) is 13.2. The fraction of sp³-hybridized carbons (Fsp3) is 0.211. The summed E-state index contributed by atoms with van der Waals surface area (Å²) in [5.41, 5.74) is 2.96. The van der Waals surface area contributed by atoms with Gasteiger partial charge in [0.05, 0.1) is 16.1 Å². The molecule has 8 heteroatoms. The highest BCUT2D eigenvalue weighted by molar-refractivity contribution is 7.18. The van der Waals surface area contributed by atoms with Gasteiger partial charge in [-0.15, -0.1) is 22.7 Å². The van der Waals surface area contributed by atoms with Gasteiger partial charge in [-0.1, -0.05) is 11.6 Å². The van der Waals surface area contributed by atoms with Gasteiger partial charge in [0.15, 0.2) is 5.82 Å². The van der Waals surface area contributed by atoms with E-state index in [1.54, 1.807) is 40.1 Å². The zero-order valence-electron chi connectivity index (χ0n) is 14.1. The maximum absolute atomic E-state index is 12.7. The Morgan fingerprint density at radius 1 is 1.22 bits per heavy atom. The molecule has 27 heavy (non-hydrogen) atoms. The van der Waals surface area contributed by atoms with E-state index in [4.69, 9.17) is 11.6 Å². The number of nitrogens with zero attached hydrogens (tertiary/aromatic N) is 2. The number of aromatic nitrogens is 3. The first-order valence-electron chi connectivity index (χ1n) is 8.59. The number of H-pyrrole nitrogens is 1. The third kappa shape index (κ3) is 3.18. The van der Waals surface area contributed by atoms with Crippen molar-refractivity contribution < 1.29 is 0 Å². The maximum atomic E-state index is 12.7. The topological polar surface area (TPSA) is 58.6 Å². The van der Waals surface area contributed by atoms with Gasteiger partial charge in [0.2, 0.25) is 0 Å². The molecular formula is C19H14ClN3OS3. The van der Waals surface area contributed by atoms with E-state index in [-0.39, 0.29) is 5.56 Å². The summed E-state index contributed by atoms with van der Waals surface area (Å²) in [4.78, 5) is 26.8. The summed E-state index contributed by atoms with van der Waals surface area (Å²) in [5.74, 6) is 0.401. The predicted octanol–water partition coefficient (Wildman–Crippen LogP) is 5.79. The molecule has 0 aromatic carbocycles. The lowest BCUT2D eigenvalue weighted by Crippen LogP contribution is -2.12. The molecule has 4 aromatic heterocycles. The summed E-state index contributed by atoms with van der Waals surface area (Å²) in [6, 6.07) is 2.05. The lowest BCUT2D eigenvalue weighted by atomic mass is 9.97. The molecule has 0 radical (unpaired) electrons. The van der Waals surface area contributed by atoms with E-state index >= 15 is 0 Å². The molecule has 0 atom stereocenters. The lowest BCUT2D eigenvalue weighted by molar-refractivity contribution is 0.700. The number of aryl methyl sites for hydroxylation is 2. The second-order valence-electron chi connectivity index (χ2n) is 6.39. The molecule has 4 aromatic rings. The van der Waals surface area contributed by atoms with Crippen molar-refractivity contribution in [2.24, 2.45) is 0 Å². The molecule has 0 unspecified atom stereocenters. The van der Waals surface area contributed by atoms with Crippen LogP contribution in [-0.4, -0.2) is 15.0 Å². The molecule has 4 heterocycles. The molecule has 1 aliphatic rings. The van der Waals surface area contributed by atoms with Gasteiger partial charge in [-0.25, -0.2) is 9.97 Å².